The highest BCUT2D eigenvalue weighted by molar-refractivity contribution is 7.92. The Balaban J connectivity index is 2.95. The van der Waals surface area contributed by atoms with Gasteiger partial charge in [0, 0.05) is 6.04 Å². The molecule has 1 aliphatic heterocycles. The summed E-state index contributed by atoms with van der Waals surface area (Å²) in [6.45, 7) is 4.69. The second-order valence-electron chi connectivity index (χ2n) is 5.22. The van der Waals surface area contributed by atoms with Crippen LogP contribution in [-0.2, 0) is 9.84 Å². The first kappa shape index (κ1) is 15.8. The number of likely N-dealkylation sites (tertiary alicyclic amines) is 1. The number of rotatable bonds is 2. The summed E-state index contributed by atoms with van der Waals surface area (Å²) in [6, 6.07) is -2.15. The Kier molecular flexibility index (Phi) is 4.37. The van der Waals surface area contributed by atoms with Crippen molar-refractivity contribution in [2.24, 2.45) is 0 Å². The van der Waals surface area contributed by atoms with Crippen LogP contribution >= 0.6 is 0 Å². The molecule has 1 aliphatic rings. The molecule has 108 valence electrons. The van der Waals surface area contributed by atoms with E-state index in [2.05, 4.69) is 0 Å². The first-order valence-corrected chi connectivity index (χ1v) is 7.62. The standard InChI is InChI=1S/C11H20F3NO2S/c1-7(2)18(16,17)9-5-6-10(11(12,13)14)15(4)8(9)3/h7-10H,5-6H2,1-4H3. The lowest BCUT2D eigenvalue weighted by molar-refractivity contribution is -0.192. The highest BCUT2D eigenvalue weighted by Gasteiger charge is 2.50. The predicted octanol–water partition coefficient (Wildman–Crippen LogP) is 2.22. The van der Waals surface area contributed by atoms with Crippen molar-refractivity contribution in [2.45, 2.75) is 62.4 Å². The van der Waals surface area contributed by atoms with E-state index in [-0.39, 0.29) is 12.8 Å². The molecule has 0 aromatic rings. The molecule has 1 saturated heterocycles. The second kappa shape index (κ2) is 5.00. The van der Waals surface area contributed by atoms with Crippen molar-refractivity contribution in [3.05, 3.63) is 0 Å². The van der Waals surface area contributed by atoms with Gasteiger partial charge in [0.15, 0.2) is 9.84 Å². The topological polar surface area (TPSA) is 37.4 Å². The number of nitrogens with zero attached hydrogens (tertiary/aromatic N) is 1. The summed E-state index contributed by atoms with van der Waals surface area (Å²) in [7, 11) is -2.01. The van der Waals surface area contributed by atoms with Crippen molar-refractivity contribution in [1.29, 1.82) is 0 Å². The minimum Gasteiger partial charge on any atom is -0.291 e. The Hall–Kier alpha value is -0.300. The van der Waals surface area contributed by atoms with Crippen LogP contribution in [0.5, 0.6) is 0 Å². The van der Waals surface area contributed by atoms with E-state index < -0.39 is 38.6 Å². The van der Waals surface area contributed by atoms with E-state index >= 15 is 0 Å². The van der Waals surface area contributed by atoms with Gasteiger partial charge in [0.1, 0.15) is 6.04 Å². The average Bonchev–Trinajstić information content (AvgIpc) is 2.19. The maximum absolute atomic E-state index is 12.8. The summed E-state index contributed by atoms with van der Waals surface area (Å²) in [5.41, 5.74) is 0. The van der Waals surface area contributed by atoms with Crippen molar-refractivity contribution in [2.75, 3.05) is 7.05 Å². The van der Waals surface area contributed by atoms with E-state index in [1.165, 1.54) is 7.05 Å². The number of hydrogen-bond acceptors (Lipinski definition) is 3. The van der Waals surface area contributed by atoms with E-state index in [0.29, 0.717) is 0 Å². The van der Waals surface area contributed by atoms with Crippen LogP contribution in [-0.4, -0.2) is 49.1 Å². The number of sulfone groups is 1. The Morgan fingerprint density at radius 1 is 1.22 bits per heavy atom. The fourth-order valence-corrected chi connectivity index (χ4v) is 4.40. The molecule has 1 rings (SSSR count). The predicted molar refractivity (Wildman–Crippen MR) is 64.1 cm³/mol. The fraction of sp³-hybridized carbons (Fsp3) is 1.00. The van der Waals surface area contributed by atoms with Gasteiger partial charge in [-0.15, -0.1) is 0 Å². The molecule has 3 unspecified atom stereocenters. The Bertz CT molecular complexity index is 392. The summed E-state index contributed by atoms with van der Waals surface area (Å²) in [6.07, 6.45) is -4.37. The lowest BCUT2D eigenvalue weighted by Gasteiger charge is -2.43. The van der Waals surface area contributed by atoms with Gasteiger partial charge in [-0.3, -0.25) is 4.90 Å². The van der Waals surface area contributed by atoms with Crippen LogP contribution in [0.15, 0.2) is 0 Å². The van der Waals surface area contributed by atoms with E-state index in [1.54, 1.807) is 20.8 Å². The number of piperidine rings is 1. The van der Waals surface area contributed by atoms with Crippen molar-refractivity contribution >= 4 is 9.84 Å². The molecule has 0 radical (unpaired) electrons. The van der Waals surface area contributed by atoms with E-state index in [4.69, 9.17) is 0 Å². The minimum atomic E-state index is -4.30. The third-order valence-corrected chi connectivity index (χ3v) is 6.64. The van der Waals surface area contributed by atoms with Gasteiger partial charge in [0.25, 0.3) is 0 Å². The Morgan fingerprint density at radius 2 is 1.72 bits per heavy atom. The summed E-state index contributed by atoms with van der Waals surface area (Å²) < 4.78 is 62.4. The zero-order valence-corrected chi connectivity index (χ0v) is 11.8. The number of halogens is 3. The van der Waals surface area contributed by atoms with Crippen LogP contribution in [0.3, 0.4) is 0 Å². The van der Waals surface area contributed by atoms with Gasteiger partial charge in [-0.05, 0) is 40.7 Å². The zero-order valence-electron chi connectivity index (χ0n) is 11.0. The molecule has 3 nitrogen and oxygen atoms in total. The minimum absolute atomic E-state index is 0.0796. The maximum Gasteiger partial charge on any atom is 0.404 e. The van der Waals surface area contributed by atoms with Crippen LogP contribution in [0.25, 0.3) is 0 Å². The number of hydrogen-bond donors (Lipinski definition) is 0. The van der Waals surface area contributed by atoms with Crippen LogP contribution in [0.4, 0.5) is 13.2 Å². The zero-order chi connectivity index (χ0) is 14.3. The van der Waals surface area contributed by atoms with Crippen LogP contribution in [0.1, 0.15) is 33.6 Å². The third kappa shape index (κ3) is 2.82. The summed E-state index contributed by atoms with van der Waals surface area (Å²) in [4.78, 5) is 1.15. The summed E-state index contributed by atoms with van der Waals surface area (Å²) in [5, 5.41) is -1.26. The molecular weight excluding hydrogens is 267 g/mol. The first-order chi connectivity index (χ1) is 7.99. The molecular formula is C11H20F3NO2S. The quantitative estimate of drug-likeness (QED) is 0.781. The maximum atomic E-state index is 12.8. The van der Waals surface area contributed by atoms with Crippen LogP contribution in [0.2, 0.25) is 0 Å². The van der Waals surface area contributed by atoms with Crippen LogP contribution in [0, 0.1) is 0 Å². The molecule has 18 heavy (non-hydrogen) atoms. The fourth-order valence-electron chi connectivity index (χ4n) is 2.50. The smallest absolute Gasteiger partial charge is 0.291 e. The van der Waals surface area contributed by atoms with Crippen molar-refractivity contribution in [3.63, 3.8) is 0 Å². The molecule has 0 aromatic heterocycles. The van der Waals surface area contributed by atoms with Gasteiger partial charge in [0.05, 0.1) is 10.5 Å². The van der Waals surface area contributed by atoms with Gasteiger partial charge < -0.3 is 0 Å². The van der Waals surface area contributed by atoms with Gasteiger partial charge in [-0.2, -0.15) is 13.2 Å². The van der Waals surface area contributed by atoms with Gasteiger partial charge in [0.2, 0.25) is 0 Å². The second-order valence-corrected chi connectivity index (χ2v) is 7.94. The monoisotopic (exact) mass is 287 g/mol. The number of alkyl halides is 3. The average molecular weight is 287 g/mol. The van der Waals surface area contributed by atoms with Gasteiger partial charge in [-0.1, -0.05) is 0 Å². The van der Waals surface area contributed by atoms with Crippen molar-refractivity contribution in [3.8, 4) is 0 Å². The Morgan fingerprint density at radius 3 is 2.11 bits per heavy atom. The molecule has 7 heteroatoms. The van der Waals surface area contributed by atoms with Crippen LogP contribution < -0.4 is 0 Å². The summed E-state index contributed by atoms with van der Waals surface area (Å²) in [5.74, 6) is 0. The lowest BCUT2D eigenvalue weighted by Crippen LogP contribution is -2.57. The summed E-state index contributed by atoms with van der Waals surface area (Å²) >= 11 is 0. The molecule has 0 saturated carbocycles. The molecule has 0 amide bonds. The molecule has 0 aromatic carbocycles. The normalized spacial score (nSPS) is 31.9. The third-order valence-electron chi connectivity index (χ3n) is 3.85. The molecule has 1 fully saturated rings. The SMILES string of the molecule is CC1C(S(=O)(=O)C(C)C)CCC(C(F)(F)F)N1C. The van der Waals surface area contributed by atoms with E-state index in [0.717, 1.165) is 4.90 Å². The van der Waals surface area contributed by atoms with Gasteiger partial charge >= 0.3 is 6.18 Å². The van der Waals surface area contributed by atoms with Crippen molar-refractivity contribution in [1.82, 2.24) is 4.90 Å². The highest BCUT2D eigenvalue weighted by atomic mass is 32.2. The van der Waals surface area contributed by atoms with Gasteiger partial charge in [-0.25, -0.2) is 8.42 Å². The first-order valence-electron chi connectivity index (χ1n) is 6.01. The molecule has 0 spiro atoms. The largest absolute Gasteiger partial charge is 0.404 e. The highest BCUT2D eigenvalue weighted by Crippen LogP contribution is 2.36. The molecule has 1 heterocycles. The molecule has 0 bridgehead atoms. The van der Waals surface area contributed by atoms with Crippen molar-refractivity contribution < 1.29 is 21.6 Å². The molecule has 3 atom stereocenters. The molecule has 0 aliphatic carbocycles. The van der Waals surface area contributed by atoms with E-state index in [9.17, 15) is 21.6 Å². The molecule has 0 N–H and O–H groups in total. The van der Waals surface area contributed by atoms with E-state index in [1.807, 2.05) is 0 Å². The Labute approximate surface area is 106 Å². The lowest BCUT2D eigenvalue weighted by atomic mass is 9.96.